The molecule has 5 aromatic carbocycles. The summed E-state index contributed by atoms with van der Waals surface area (Å²) in [6, 6.07) is 42.5. The van der Waals surface area contributed by atoms with Gasteiger partial charge in [-0.2, -0.15) is 0 Å². The van der Waals surface area contributed by atoms with E-state index in [0.717, 1.165) is 22.3 Å². The topological polar surface area (TPSA) is 4.93 Å². The molecule has 0 amide bonds. The van der Waals surface area contributed by atoms with Crippen molar-refractivity contribution in [2.24, 2.45) is 0 Å². The van der Waals surface area contributed by atoms with Crippen LogP contribution in [0, 0.1) is 0 Å². The predicted molar refractivity (Wildman–Crippen MR) is 137 cm³/mol. The minimum Gasteiger partial charge on any atom is -0.309 e. The van der Waals surface area contributed by atoms with E-state index in [-0.39, 0.29) is 0 Å². The van der Waals surface area contributed by atoms with Crippen molar-refractivity contribution in [3.8, 4) is 27.9 Å². The fourth-order valence-corrected chi connectivity index (χ4v) is 4.70. The Bertz CT molecular complexity index is 1520. The summed E-state index contributed by atoms with van der Waals surface area (Å²) in [5, 5.41) is 2.55. The molecule has 1 nitrogen and oxygen atoms in total. The van der Waals surface area contributed by atoms with Gasteiger partial charge in [0.15, 0.2) is 0 Å². The van der Waals surface area contributed by atoms with Gasteiger partial charge in [0.25, 0.3) is 0 Å². The molecule has 0 fully saturated rings. The summed E-state index contributed by atoms with van der Waals surface area (Å²) in [6.07, 6.45) is 0. The average molecular weight is 405 g/mol. The summed E-state index contributed by atoms with van der Waals surface area (Å²) in [7, 11) is 6.29. The smallest absolute Gasteiger partial charge is 0.114 e. The Hall–Kier alpha value is -4.04. The quantitative estimate of drug-likeness (QED) is 0.282. The molecule has 6 aromatic rings. The molecule has 0 saturated heterocycles. The van der Waals surface area contributed by atoms with Crippen LogP contribution in [0.25, 0.3) is 49.7 Å². The van der Waals surface area contributed by atoms with Crippen LogP contribution < -0.4 is 5.46 Å². The second kappa shape index (κ2) is 7.58. The Morgan fingerprint density at radius 1 is 0.438 bits per heavy atom. The molecule has 0 saturated carbocycles. The van der Waals surface area contributed by atoms with E-state index in [2.05, 4.69) is 108 Å². The van der Waals surface area contributed by atoms with E-state index < -0.39 is 0 Å². The van der Waals surface area contributed by atoms with Gasteiger partial charge in [0, 0.05) is 16.5 Å². The van der Waals surface area contributed by atoms with Crippen LogP contribution in [0.15, 0.2) is 121 Å². The highest BCUT2D eigenvalue weighted by atomic mass is 15.0. The Labute approximate surface area is 189 Å². The fourth-order valence-electron chi connectivity index (χ4n) is 4.70. The fraction of sp³-hybridized carbons (Fsp3) is 0. The lowest BCUT2D eigenvalue weighted by Gasteiger charge is -2.14. The molecule has 0 unspecified atom stereocenters. The van der Waals surface area contributed by atoms with Crippen molar-refractivity contribution in [3.63, 3.8) is 0 Å². The van der Waals surface area contributed by atoms with E-state index in [4.69, 9.17) is 7.85 Å². The van der Waals surface area contributed by atoms with E-state index in [1.807, 2.05) is 18.2 Å². The number of rotatable bonds is 3. The summed E-state index contributed by atoms with van der Waals surface area (Å²) in [6.45, 7) is 0. The van der Waals surface area contributed by atoms with Crippen molar-refractivity contribution >= 4 is 35.1 Å². The maximum atomic E-state index is 6.29. The van der Waals surface area contributed by atoms with Crippen LogP contribution >= 0.6 is 0 Å². The average Bonchev–Trinajstić information content (AvgIpc) is 3.19. The molecule has 148 valence electrons. The number of nitrogens with zero attached hydrogens (tertiary/aromatic N) is 1. The zero-order chi connectivity index (χ0) is 21.5. The SMILES string of the molecule is [B]c1ccccc1-c1ccccc1-c1ccc(-n2c3ccccc3c3ccccc32)cc1. The molecule has 32 heavy (non-hydrogen) atoms. The maximum Gasteiger partial charge on any atom is 0.114 e. The number of fused-ring (bicyclic) bond motifs is 3. The molecule has 6 rings (SSSR count). The molecule has 0 atom stereocenters. The first-order valence-electron chi connectivity index (χ1n) is 10.8. The van der Waals surface area contributed by atoms with Gasteiger partial charge in [-0.1, -0.05) is 103 Å². The van der Waals surface area contributed by atoms with E-state index in [1.54, 1.807) is 0 Å². The lowest BCUT2D eigenvalue weighted by molar-refractivity contribution is 1.18. The van der Waals surface area contributed by atoms with Crippen molar-refractivity contribution in [3.05, 3.63) is 121 Å². The van der Waals surface area contributed by atoms with Crippen LogP contribution in [0.3, 0.4) is 0 Å². The molecular weight excluding hydrogens is 385 g/mol. The highest BCUT2D eigenvalue weighted by Crippen LogP contribution is 2.34. The van der Waals surface area contributed by atoms with Crippen LogP contribution in [0.1, 0.15) is 0 Å². The van der Waals surface area contributed by atoms with Crippen molar-refractivity contribution < 1.29 is 0 Å². The summed E-state index contributed by atoms with van der Waals surface area (Å²) in [5.74, 6) is 0. The van der Waals surface area contributed by atoms with E-state index in [9.17, 15) is 0 Å². The van der Waals surface area contributed by atoms with E-state index in [1.165, 1.54) is 32.9 Å². The van der Waals surface area contributed by atoms with Gasteiger partial charge in [-0.3, -0.25) is 0 Å². The first-order chi connectivity index (χ1) is 15.8. The molecule has 0 spiro atoms. The lowest BCUT2D eigenvalue weighted by atomic mass is 9.84. The van der Waals surface area contributed by atoms with Gasteiger partial charge in [-0.25, -0.2) is 0 Å². The molecule has 0 aliphatic heterocycles. The Balaban J connectivity index is 1.50. The minimum atomic E-state index is 0.793. The zero-order valence-corrected chi connectivity index (χ0v) is 17.6. The summed E-state index contributed by atoms with van der Waals surface area (Å²) in [5.41, 5.74) is 8.96. The normalized spacial score (nSPS) is 11.2. The third kappa shape index (κ3) is 2.96. The number of benzene rings is 5. The first-order valence-corrected chi connectivity index (χ1v) is 10.8. The summed E-state index contributed by atoms with van der Waals surface area (Å²) >= 11 is 0. The molecule has 1 heterocycles. The van der Waals surface area contributed by atoms with Crippen LogP contribution in [0.5, 0.6) is 0 Å². The van der Waals surface area contributed by atoms with Crippen molar-refractivity contribution in [2.75, 3.05) is 0 Å². The lowest BCUT2D eigenvalue weighted by Crippen LogP contribution is -2.06. The number of aromatic nitrogens is 1. The van der Waals surface area contributed by atoms with Crippen LogP contribution in [0.2, 0.25) is 0 Å². The third-order valence-electron chi connectivity index (χ3n) is 6.19. The molecule has 0 aliphatic carbocycles. The largest absolute Gasteiger partial charge is 0.309 e. The van der Waals surface area contributed by atoms with E-state index in [0.29, 0.717) is 0 Å². The molecule has 1 aromatic heterocycles. The van der Waals surface area contributed by atoms with E-state index >= 15 is 0 Å². The monoisotopic (exact) mass is 405 g/mol. The number of hydrogen-bond donors (Lipinski definition) is 0. The van der Waals surface area contributed by atoms with Gasteiger partial charge >= 0.3 is 0 Å². The molecule has 2 radical (unpaired) electrons. The van der Waals surface area contributed by atoms with Crippen molar-refractivity contribution in [2.45, 2.75) is 0 Å². The molecule has 0 aliphatic rings. The Morgan fingerprint density at radius 3 is 1.56 bits per heavy atom. The molecule has 2 heteroatoms. The summed E-state index contributed by atoms with van der Waals surface area (Å²) < 4.78 is 2.34. The number of hydrogen-bond acceptors (Lipinski definition) is 0. The van der Waals surface area contributed by atoms with Gasteiger partial charge < -0.3 is 4.57 Å². The highest BCUT2D eigenvalue weighted by Gasteiger charge is 2.12. The zero-order valence-electron chi connectivity index (χ0n) is 17.6. The van der Waals surface area contributed by atoms with Gasteiger partial charge in [-0.05, 0) is 46.5 Å². The second-order valence-electron chi connectivity index (χ2n) is 8.05. The highest BCUT2D eigenvalue weighted by molar-refractivity contribution is 6.36. The standard InChI is InChI=1S/C30H20BN/c31-28-14-6-3-11-25(28)24-10-2-1-9-23(24)21-17-19-22(20-18-21)32-29-15-7-4-12-26(29)27-13-5-8-16-30(27)32/h1-20H. The molecular formula is C30H20BN. The number of para-hydroxylation sites is 2. The maximum absolute atomic E-state index is 6.29. The Morgan fingerprint density at radius 2 is 0.938 bits per heavy atom. The van der Waals surface area contributed by atoms with Gasteiger partial charge in [-0.15, -0.1) is 0 Å². The predicted octanol–water partition coefficient (Wildman–Crippen LogP) is 6.91. The summed E-state index contributed by atoms with van der Waals surface area (Å²) in [4.78, 5) is 0. The minimum absolute atomic E-state index is 0.793. The van der Waals surface area contributed by atoms with Crippen LogP contribution in [-0.2, 0) is 0 Å². The third-order valence-corrected chi connectivity index (χ3v) is 6.19. The van der Waals surface area contributed by atoms with Crippen molar-refractivity contribution in [1.29, 1.82) is 0 Å². The van der Waals surface area contributed by atoms with Crippen LogP contribution in [0.4, 0.5) is 0 Å². The van der Waals surface area contributed by atoms with Crippen LogP contribution in [-0.4, -0.2) is 12.4 Å². The van der Waals surface area contributed by atoms with Gasteiger partial charge in [0.2, 0.25) is 0 Å². The Kier molecular flexibility index (Phi) is 4.43. The van der Waals surface area contributed by atoms with Gasteiger partial charge in [0.05, 0.1) is 11.0 Å². The molecule has 0 bridgehead atoms. The van der Waals surface area contributed by atoms with Crippen molar-refractivity contribution in [1.82, 2.24) is 4.57 Å². The second-order valence-corrected chi connectivity index (χ2v) is 8.05. The molecule has 0 N–H and O–H groups in total. The first kappa shape index (κ1) is 18.7. The van der Waals surface area contributed by atoms with Gasteiger partial charge in [0.1, 0.15) is 7.85 Å².